The van der Waals surface area contributed by atoms with Crippen molar-refractivity contribution in [3.8, 4) is 39.6 Å². The fourth-order valence-electron chi connectivity index (χ4n) is 4.76. The van der Waals surface area contributed by atoms with E-state index in [4.69, 9.17) is 14.4 Å². The molecule has 0 atom stereocenters. The lowest BCUT2D eigenvalue weighted by molar-refractivity contribution is 0.474. The van der Waals surface area contributed by atoms with Crippen LogP contribution in [-0.4, -0.2) is 15.1 Å². The summed E-state index contributed by atoms with van der Waals surface area (Å²) in [6, 6.07) is 36.4. The van der Waals surface area contributed by atoms with E-state index in [2.05, 4.69) is 92.7 Å². The number of rotatable bonds is 6. The highest BCUT2D eigenvalue weighted by atomic mass is 16.3. The van der Waals surface area contributed by atoms with E-state index in [0.29, 0.717) is 23.0 Å². The molecule has 0 spiro atoms. The zero-order chi connectivity index (χ0) is 26.1. The lowest BCUT2D eigenvalue weighted by Crippen LogP contribution is -1.94. The third kappa shape index (κ3) is 4.69. The average Bonchev–Trinajstić information content (AvgIpc) is 3.37. The number of phenols is 1. The van der Waals surface area contributed by atoms with Crippen molar-refractivity contribution in [1.82, 2.24) is 9.97 Å². The van der Waals surface area contributed by atoms with Gasteiger partial charge in [-0.3, -0.25) is 4.98 Å². The van der Waals surface area contributed by atoms with Crippen molar-refractivity contribution in [3.63, 3.8) is 0 Å². The molecule has 0 aliphatic heterocycles. The van der Waals surface area contributed by atoms with Crippen LogP contribution < -0.4 is 0 Å². The fourth-order valence-corrected chi connectivity index (χ4v) is 4.76. The molecule has 0 amide bonds. The fraction of sp³-hybridized carbons (Fsp3) is 0.118. The normalized spacial score (nSPS) is 11.3. The SMILES string of the molecule is CC(C)c1cc(-c2cccc(-c3cccc(Cc4ccccc4)n3)c2)c2nc(-c3ccccc3O)oc2c1. The summed E-state index contributed by atoms with van der Waals surface area (Å²) in [5, 5.41) is 10.4. The van der Waals surface area contributed by atoms with Crippen LogP contribution in [0.5, 0.6) is 5.75 Å². The van der Waals surface area contributed by atoms with Crippen molar-refractivity contribution in [1.29, 1.82) is 0 Å². The standard InChI is InChI=1S/C34H28N2O2/c1-22(2)26-20-29(33-32(21-26)38-34(36-33)28-15-6-7-17-31(28)37)24-12-8-13-25(19-24)30-16-9-14-27(35-30)18-23-10-4-3-5-11-23/h3-17,19-22,37H,18H2,1-2H3. The molecule has 4 heteroatoms. The second kappa shape index (κ2) is 9.98. The quantitative estimate of drug-likeness (QED) is 0.251. The maximum Gasteiger partial charge on any atom is 0.231 e. The van der Waals surface area contributed by atoms with Gasteiger partial charge >= 0.3 is 0 Å². The summed E-state index contributed by atoms with van der Waals surface area (Å²) >= 11 is 0. The first-order chi connectivity index (χ1) is 18.5. The molecule has 38 heavy (non-hydrogen) atoms. The second-order valence-corrected chi connectivity index (χ2v) is 9.86. The number of hydrogen-bond acceptors (Lipinski definition) is 4. The van der Waals surface area contributed by atoms with E-state index in [0.717, 1.165) is 40.0 Å². The van der Waals surface area contributed by atoms with Gasteiger partial charge in [-0.15, -0.1) is 0 Å². The molecule has 0 aliphatic carbocycles. The first-order valence-electron chi connectivity index (χ1n) is 12.9. The van der Waals surface area contributed by atoms with Gasteiger partial charge in [0.15, 0.2) is 5.58 Å². The average molecular weight is 497 g/mol. The summed E-state index contributed by atoms with van der Waals surface area (Å²) in [4.78, 5) is 9.81. The molecule has 6 aromatic rings. The van der Waals surface area contributed by atoms with Crippen LogP contribution in [0.1, 0.15) is 36.6 Å². The number of para-hydroxylation sites is 1. The Balaban J connectivity index is 1.44. The molecule has 2 heterocycles. The van der Waals surface area contributed by atoms with Gasteiger partial charge in [0, 0.05) is 23.2 Å². The van der Waals surface area contributed by atoms with Crippen LogP contribution in [-0.2, 0) is 6.42 Å². The number of hydrogen-bond donors (Lipinski definition) is 1. The molecule has 0 saturated carbocycles. The molecule has 0 bridgehead atoms. The summed E-state index contributed by atoms with van der Waals surface area (Å²) in [5.41, 5.74) is 9.53. The van der Waals surface area contributed by atoms with Crippen LogP contribution in [0, 0.1) is 0 Å². The second-order valence-electron chi connectivity index (χ2n) is 9.86. The first-order valence-corrected chi connectivity index (χ1v) is 12.9. The van der Waals surface area contributed by atoms with Crippen molar-refractivity contribution in [2.24, 2.45) is 0 Å². The van der Waals surface area contributed by atoms with Gasteiger partial charge in [0.25, 0.3) is 0 Å². The topological polar surface area (TPSA) is 59.2 Å². The lowest BCUT2D eigenvalue weighted by atomic mass is 9.95. The Hall–Kier alpha value is -4.70. The number of benzene rings is 4. The number of fused-ring (bicyclic) bond motifs is 1. The molecular weight excluding hydrogens is 468 g/mol. The summed E-state index contributed by atoms with van der Waals surface area (Å²) < 4.78 is 6.19. The third-order valence-electron chi connectivity index (χ3n) is 6.82. The third-order valence-corrected chi connectivity index (χ3v) is 6.82. The molecular formula is C34H28N2O2. The van der Waals surface area contributed by atoms with Crippen molar-refractivity contribution in [3.05, 3.63) is 126 Å². The highest BCUT2D eigenvalue weighted by Crippen LogP contribution is 2.38. The number of pyridine rings is 1. The lowest BCUT2D eigenvalue weighted by Gasteiger charge is -2.11. The van der Waals surface area contributed by atoms with Gasteiger partial charge in [0.2, 0.25) is 5.89 Å². The number of phenolic OH excluding ortho intramolecular Hbond substituents is 1. The van der Waals surface area contributed by atoms with Crippen LogP contribution in [0.3, 0.4) is 0 Å². The van der Waals surface area contributed by atoms with Crippen LogP contribution in [0.15, 0.2) is 114 Å². The highest BCUT2D eigenvalue weighted by molar-refractivity contribution is 5.94. The predicted octanol–water partition coefficient (Wildman–Crippen LogP) is 8.64. The van der Waals surface area contributed by atoms with Crippen molar-refractivity contribution >= 4 is 11.1 Å². The van der Waals surface area contributed by atoms with Gasteiger partial charge in [-0.25, -0.2) is 4.98 Å². The Labute approximate surface area is 222 Å². The van der Waals surface area contributed by atoms with E-state index in [1.165, 1.54) is 11.1 Å². The van der Waals surface area contributed by atoms with Gasteiger partial charge in [0.05, 0.1) is 11.3 Å². The number of oxazole rings is 1. The molecule has 4 nitrogen and oxygen atoms in total. The molecule has 0 saturated heterocycles. The minimum atomic E-state index is 0.146. The van der Waals surface area contributed by atoms with Gasteiger partial charge in [-0.05, 0) is 65.1 Å². The van der Waals surface area contributed by atoms with Crippen molar-refractivity contribution in [2.75, 3.05) is 0 Å². The molecule has 186 valence electrons. The maximum atomic E-state index is 10.4. The van der Waals surface area contributed by atoms with E-state index < -0.39 is 0 Å². The zero-order valence-corrected chi connectivity index (χ0v) is 21.4. The smallest absolute Gasteiger partial charge is 0.231 e. The minimum Gasteiger partial charge on any atom is -0.507 e. The van der Waals surface area contributed by atoms with Crippen LogP contribution in [0.4, 0.5) is 0 Å². The minimum absolute atomic E-state index is 0.146. The summed E-state index contributed by atoms with van der Waals surface area (Å²) in [7, 11) is 0. The van der Waals surface area contributed by atoms with Crippen LogP contribution >= 0.6 is 0 Å². The molecule has 4 aromatic carbocycles. The number of nitrogens with zero attached hydrogens (tertiary/aromatic N) is 2. The van der Waals surface area contributed by atoms with Crippen LogP contribution in [0.25, 0.3) is 44.9 Å². The maximum absolute atomic E-state index is 10.4. The summed E-state index contributed by atoms with van der Waals surface area (Å²) in [6.45, 7) is 4.34. The Morgan fingerprint density at radius 1 is 0.711 bits per heavy atom. The molecule has 0 unspecified atom stereocenters. The molecule has 0 fully saturated rings. The first kappa shape index (κ1) is 23.7. The van der Waals surface area contributed by atoms with E-state index in [1.807, 2.05) is 18.2 Å². The predicted molar refractivity (Wildman–Crippen MR) is 153 cm³/mol. The van der Waals surface area contributed by atoms with Gasteiger partial charge in [-0.2, -0.15) is 0 Å². The Morgan fingerprint density at radius 2 is 1.47 bits per heavy atom. The summed E-state index contributed by atoms with van der Waals surface area (Å²) in [6.07, 6.45) is 0.791. The monoisotopic (exact) mass is 496 g/mol. The molecule has 1 N–H and O–H groups in total. The number of aromatic nitrogens is 2. The van der Waals surface area contributed by atoms with Gasteiger partial charge in [-0.1, -0.05) is 80.6 Å². The van der Waals surface area contributed by atoms with Crippen molar-refractivity contribution in [2.45, 2.75) is 26.2 Å². The van der Waals surface area contributed by atoms with E-state index in [1.54, 1.807) is 12.1 Å². The Morgan fingerprint density at radius 3 is 2.29 bits per heavy atom. The number of aromatic hydroxyl groups is 1. The molecule has 6 rings (SSSR count). The zero-order valence-electron chi connectivity index (χ0n) is 21.4. The largest absolute Gasteiger partial charge is 0.507 e. The Kier molecular flexibility index (Phi) is 6.22. The van der Waals surface area contributed by atoms with Gasteiger partial charge < -0.3 is 9.52 Å². The van der Waals surface area contributed by atoms with E-state index >= 15 is 0 Å². The summed E-state index contributed by atoms with van der Waals surface area (Å²) in [5.74, 6) is 0.871. The van der Waals surface area contributed by atoms with Crippen molar-refractivity contribution < 1.29 is 9.52 Å². The highest BCUT2D eigenvalue weighted by Gasteiger charge is 2.18. The van der Waals surface area contributed by atoms with E-state index in [9.17, 15) is 5.11 Å². The molecule has 0 aliphatic rings. The van der Waals surface area contributed by atoms with E-state index in [-0.39, 0.29) is 5.75 Å². The van der Waals surface area contributed by atoms with Crippen LogP contribution in [0.2, 0.25) is 0 Å². The molecule has 2 aromatic heterocycles. The van der Waals surface area contributed by atoms with Gasteiger partial charge in [0.1, 0.15) is 11.3 Å². The Bertz CT molecular complexity index is 1740. The molecule has 0 radical (unpaired) electrons.